The molecule has 0 bridgehead atoms. The summed E-state index contributed by atoms with van der Waals surface area (Å²) in [4.78, 5) is 38.0. The Labute approximate surface area is 141 Å². The van der Waals surface area contributed by atoms with Gasteiger partial charge in [0, 0.05) is 12.6 Å². The minimum Gasteiger partial charge on any atom is -0.479 e. The van der Waals surface area contributed by atoms with Crippen LogP contribution in [0.15, 0.2) is 42.5 Å². The Morgan fingerprint density at radius 3 is 2.46 bits per heavy atom. The summed E-state index contributed by atoms with van der Waals surface area (Å²) in [6.45, 7) is 5.09. The van der Waals surface area contributed by atoms with Gasteiger partial charge in [0.2, 0.25) is 11.8 Å². The fraction of sp³-hybridized carbons (Fsp3) is 0.312. The summed E-state index contributed by atoms with van der Waals surface area (Å²) in [5, 5.41) is 7.79. The SMILES string of the molecule is C=C1C(N(C(C)=O)c2ccccc2)[S@@](=O)[C@@H]2CC(=O)N2[C@H]1C(=O)O. The van der Waals surface area contributed by atoms with Crippen LogP contribution in [-0.2, 0) is 25.2 Å². The van der Waals surface area contributed by atoms with Crippen LogP contribution in [0.1, 0.15) is 13.3 Å². The second-order valence-electron chi connectivity index (χ2n) is 5.68. The molecule has 2 aliphatic rings. The summed E-state index contributed by atoms with van der Waals surface area (Å²) in [5.41, 5.74) is 0.580. The van der Waals surface area contributed by atoms with Crippen LogP contribution in [0.2, 0.25) is 0 Å². The zero-order valence-electron chi connectivity index (χ0n) is 12.9. The number of anilines is 1. The van der Waals surface area contributed by atoms with Crippen molar-refractivity contribution in [3.05, 3.63) is 42.5 Å². The number of rotatable bonds is 3. The number of carboxylic acids is 1. The number of para-hydroxylation sites is 1. The van der Waals surface area contributed by atoms with Crippen molar-refractivity contribution in [2.45, 2.75) is 30.1 Å². The summed E-state index contributed by atoms with van der Waals surface area (Å²) < 4.78 is 12.9. The number of hydrogen-bond acceptors (Lipinski definition) is 4. The second-order valence-corrected chi connectivity index (χ2v) is 7.33. The Kier molecular flexibility index (Phi) is 4.00. The first-order valence-electron chi connectivity index (χ1n) is 7.31. The van der Waals surface area contributed by atoms with E-state index in [4.69, 9.17) is 0 Å². The summed E-state index contributed by atoms with van der Waals surface area (Å²) in [5.74, 6) is -1.98. The zero-order chi connectivity index (χ0) is 17.6. The van der Waals surface area contributed by atoms with E-state index in [1.807, 2.05) is 0 Å². The lowest BCUT2D eigenvalue weighted by molar-refractivity contribution is -0.156. The fourth-order valence-corrected chi connectivity index (χ4v) is 5.11. The lowest BCUT2D eigenvalue weighted by Gasteiger charge is -2.51. The third-order valence-electron chi connectivity index (χ3n) is 4.22. The normalized spacial score (nSPS) is 28.8. The second kappa shape index (κ2) is 5.86. The molecule has 2 amide bonds. The standard InChI is InChI=1S/C16H16N2O5S/c1-9-14(16(21)22)18-12(20)8-13(18)24(23)15(9)17(10(2)19)11-6-4-3-5-7-11/h3-7,13-15H,1,8H2,2H3,(H,21,22)/t13-,14-,15?,24+/m1/s1. The molecule has 3 rings (SSSR count). The molecule has 0 aromatic heterocycles. The van der Waals surface area contributed by atoms with E-state index in [0.29, 0.717) is 5.69 Å². The third kappa shape index (κ3) is 2.34. The number of fused-ring (bicyclic) bond motifs is 1. The van der Waals surface area contributed by atoms with Crippen molar-refractivity contribution >= 4 is 34.3 Å². The Hall–Kier alpha value is -2.48. The molecule has 8 heteroatoms. The van der Waals surface area contributed by atoms with Gasteiger partial charge in [0.15, 0.2) is 6.04 Å². The summed E-state index contributed by atoms with van der Waals surface area (Å²) in [6, 6.07) is 7.33. The van der Waals surface area contributed by atoms with Crippen molar-refractivity contribution in [3.63, 3.8) is 0 Å². The Bertz CT molecular complexity index is 763. The maximum Gasteiger partial charge on any atom is 0.330 e. The Morgan fingerprint density at radius 1 is 1.33 bits per heavy atom. The van der Waals surface area contributed by atoms with E-state index < -0.39 is 33.6 Å². The molecule has 1 N–H and O–H groups in total. The van der Waals surface area contributed by atoms with Crippen molar-refractivity contribution in [2.24, 2.45) is 0 Å². The summed E-state index contributed by atoms with van der Waals surface area (Å²) >= 11 is 0. The first-order chi connectivity index (χ1) is 11.3. The van der Waals surface area contributed by atoms with Crippen LogP contribution in [0.25, 0.3) is 0 Å². The van der Waals surface area contributed by atoms with Gasteiger partial charge in [-0.2, -0.15) is 0 Å². The van der Waals surface area contributed by atoms with Crippen molar-refractivity contribution in [2.75, 3.05) is 4.90 Å². The molecule has 2 heterocycles. The molecular formula is C16H16N2O5S. The number of aliphatic carboxylic acids is 1. The number of amides is 2. The molecule has 0 aliphatic carbocycles. The van der Waals surface area contributed by atoms with Gasteiger partial charge in [-0.05, 0) is 17.7 Å². The van der Waals surface area contributed by atoms with Crippen LogP contribution >= 0.6 is 0 Å². The van der Waals surface area contributed by atoms with Crippen molar-refractivity contribution in [1.82, 2.24) is 4.90 Å². The predicted octanol–water partition coefficient (Wildman–Crippen LogP) is 0.696. The number of β-lactam (4-membered cyclic amide) rings is 1. The van der Waals surface area contributed by atoms with Gasteiger partial charge in [-0.1, -0.05) is 24.8 Å². The first kappa shape index (κ1) is 16.4. The predicted molar refractivity (Wildman–Crippen MR) is 87.3 cm³/mol. The van der Waals surface area contributed by atoms with Gasteiger partial charge in [0.1, 0.15) is 10.7 Å². The molecule has 1 aromatic rings. The molecule has 24 heavy (non-hydrogen) atoms. The highest BCUT2D eigenvalue weighted by atomic mass is 32.2. The molecule has 7 nitrogen and oxygen atoms in total. The number of benzene rings is 1. The van der Waals surface area contributed by atoms with Gasteiger partial charge in [0.25, 0.3) is 0 Å². The number of hydrogen-bond donors (Lipinski definition) is 1. The smallest absolute Gasteiger partial charge is 0.330 e. The van der Waals surface area contributed by atoms with E-state index >= 15 is 0 Å². The number of carboxylic acid groups (broad SMARTS) is 1. The van der Waals surface area contributed by atoms with Crippen LogP contribution in [0.4, 0.5) is 5.69 Å². The molecule has 0 radical (unpaired) electrons. The van der Waals surface area contributed by atoms with Crippen LogP contribution < -0.4 is 4.90 Å². The monoisotopic (exact) mass is 348 g/mol. The molecule has 1 unspecified atom stereocenters. The third-order valence-corrected chi connectivity index (χ3v) is 6.11. The highest BCUT2D eigenvalue weighted by Crippen LogP contribution is 2.39. The minimum atomic E-state index is -1.66. The quantitative estimate of drug-likeness (QED) is 0.641. The van der Waals surface area contributed by atoms with Crippen LogP contribution in [-0.4, -0.2) is 48.8 Å². The molecule has 2 saturated heterocycles. The molecule has 2 aliphatic heterocycles. The van der Waals surface area contributed by atoms with Gasteiger partial charge < -0.3 is 10.0 Å². The maximum absolute atomic E-state index is 12.9. The molecule has 2 fully saturated rings. The van der Waals surface area contributed by atoms with Crippen molar-refractivity contribution in [3.8, 4) is 0 Å². The van der Waals surface area contributed by atoms with Gasteiger partial charge in [0.05, 0.1) is 17.2 Å². The molecular weight excluding hydrogens is 332 g/mol. The van der Waals surface area contributed by atoms with E-state index in [-0.39, 0.29) is 23.8 Å². The van der Waals surface area contributed by atoms with Crippen molar-refractivity contribution in [1.29, 1.82) is 0 Å². The molecule has 0 spiro atoms. The van der Waals surface area contributed by atoms with E-state index in [2.05, 4.69) is 6.58 Å². The van der Waals surface area contributed by atoms with Gasteiger partial charge in [-0.3, -0.25) is 18.7 Å². The van der Waals surface area contributed by atoms with Crippen LogP contribution in [0.5, 0.6) is 0 Å². The van der Waals surface area contributed by atoms with Gasteiger partial charge in [-0.25, -0.2) is 4.79 Å². The fourth-order valence-electron chi connectivity index (χ4n) is 3.14. The zero-order valence-corrected chi connectivity index (χ0v) is 13.7. The lowest BCUT2D eigenvalue weighted by Crippen LogP contribution is -2.69. The number of nitrogens with zero attached hydrogens (tertiary/aromatic N) is 2. The topological polar surface area (TPSA) is 95.0 Å². The average Bonchev–Trinajstić information content (AvgIpc) is 2.53. The maximum atomic E-state index is 12.9. The first-order valence-corrected chi connectivity index (χ1v) is 8.59. The molecule has 0 saturated carbocycles. The molecule has 126 valence electrons. The van der Waals surface area contributed by atoms with Gasteiger partial charge >= 0.3 is 5.97 Å². The summed E-state index contributed by atoms with van der Waals surface area (Å²) in [7, 11) is -1.66. The highest BCUT2D eigenvalue weighted by Gasteiger charge is 2.57. The molecule has 4 atom stereocenters. The van der Waals surface area contributed by atoms with Crippen molar-refractivity contribution < 1.29 is 23.7 Å². The summed E-state index contributed by atoms with van der Waals surface area (Å²) in [6.07, 6.45) is 0.0146. The van der Waals surface area contributed by atoms with Crippen LogP contribution in [0, 0.1) is 0 Å². The Morgan fingerprint density at radius 2 is 1.96 bits per heavy atom. The van der Waals surface area contributed by atoms with E-state index in [0.717, 1.165) is 4.90 Å². The van der Waals surface area contributed by atoms with E-state index in [1.54, 1.807) is 30.3 Å². The average molecular weight is 348 g/mol. The number of carbonyl (C=O) groups excluding carboxylic acids is 2. The Balaban J connectivity index is 2.06. The van der Waals surface area contributed by atoms with E-state index in [9.17, 15) is 23.7 Å². The molecule has 1 aromatic carbocycles. The van der Waals surface area contributed by atoms with E-state index in [1.165, 1.54) is 11.8 Å². The highest BCUT2D eigenvalue weighted by molar-refractivity contribution is 7.86. The van der Waals surface area contributed by atoms with Crippen LogP contribution in [0.3, 0.4) is 0 Å². The van der Waals surface area contributed by atoms with Gasteiger partial charge in [-0.15, -0.1) is 0 Å². The number of carbonyl (C=O) groups is 3. The lowest BCUT2D eigenvalue weighted by atomic mass is 10.00. The minimum absolute atomic E-state index is 0.0146. The largest absolute Gasteiger partial charge is 0.479 e.